The van der Waals surface area contributed by atoms with Gasteiger partial charge in [0.05, 0.1) is 13.2 Å². The van der Waals surface area contributed by atoms with E-state index in [0.717, 1.165) is 4.90 Å². The molecule has 1 saturated heterocycles. The molecule has 6 nitrogen and oxygen atoms in total. The zero-order valence-electron chi connectivity index (χ0n) is 10.9. The normalized spacial score (nSPS) is 21.4. The first-order valence-electron chi connectivity index (χ1n) is 5.70. The van der Waals surface area contributed by atoms with Crippen LogP contribution in [-0.2, 0) is 19.0 Å². The second-order valence-corrected chi connectivity index (χ2v) is 4.54. The molecule has 1 rings (SSSR count). The van der Waals surface area contributed by atoms with Gasteiger partial charge in [-0.15, -0.1) is 0 Å². The summed E-state index contributed by atoms with van der Waals surface area (Å²) in [4.78, 5) is 24.7. The molecular formula is C11H17NO5S. The summed E-state index contributed by atoms with van der Waals surface area (Å²) < 4.78 is 15.2. The number of nitrogens with zero attached hydrogens (tertiary/aromatic N) is 1. The third-order valence-corrected chi connectivity index (χ3v) is 2.72. The number of ether oxygens (including phenoxy) is 3. The van der Waals surface area contributed by atoms with Gasteiger partial charge in [0.15, 0.2) is 6.04 Å². The maximum Gasteiger partial charge on any atom is 0.418 e. The Kier molecular flexibility index (Phi) is 4.50. The molecule has 1 heterocycles. The Bertz CT molecular complexity index is 368. The number of carbonyl (C=O) groups is 2. The quantitative estimate of drug-likeness (QED) is 0.574. The fraction of sp³-hybridized carbons (Fsp3) is 0.727. The van der Waals surface area contributed by atoms with Crippen LogP contribution in [0.1, 0.15) is 27.7 Å². The third-order valence-electron chi connectivity index (χ3n) is 2.44. The molecule has 0 aromatic heterocycles. The Hall–Kier alpha value is -1.37. The van der Waals surface area contributed by atoms with Crippen molar-refractivity contribution in [2.75, 3.05) is 13.2 Å². The molecule has 18 heavy (non-hydrogen) atoms. The Morgan fingerprint density at radius 1 is 1.33 bits per heavy atom. The molecule has 1 amide bonds. The monoisotopic (exact) mass is 275 g/mol. The van der Waals surface area contributed by atoms with E-state index in [2.05, 4.69) is 0 Å². The Labute approximate surface area is 111 Å². The number of esters is 1. The molecule has 0 N–H and O–H groups in total. The fourth-order valence-corrected chi connectivity index (χ4v) is 2.12. The summed E-state index contributed by atoms with van der Waals surface area (Å²) >= 11 is 4.96. The standard InChI is InChI=1S/C11H17NO5S/c1-5-15-8(13)7-11(3,4)17-10(18)12(7)9(14)16-6-2/h7H,5-6H2,1-4H3. The van der Waals surface area contributed by atoms with E-state index in [1.807, 2.05) is 0 Å². The SMILES string of the molecule is CCOC(=O)C1N(C(=O)OCC)C(=S)OC1(C)C. The second kappa shape index (κ2) is 5.51. The lowest BCUT2D eigenvalue weighted by Gasteiger charge is -2.25. The van der Waals surface area contributed by atoms with Gasteiger partial charge in [-0.05, 0) is 39.9 Å². The van der Waals surface area contributed by atoms with Crippen LogP contribution in [0.25, 0.3) is 0 Å². The summed E-state index contributed by atoms with van der Waals surface area (Å²) in [7, 11) is 0. The van der Waals surface area contributed by atoms with Crippen LogP contribution in [0, 0.1) is 0 Å². The second-order valence-electron chi connectivity index (χ2n) is 4.19. The summed E-state index contributed by atoms with van der Waals surface area (Å²) in [5.74, 6) is -0.560. The minimum absolute atomic E-state index is 0.0727. The molecule has 7 heteroatoms. The van der Waals surface area contributed by atoms with Crippen LogP contribution in [0.15, 0.2) is 0 Å². The summed E-state index contributed by atoms with van der Waals surface area (Å²) in [6, 6.07) is -0.927. The topological polar surface area (TPSA) is 65.1 Å². The molecule has 0 aromatic carbocycles. The summed E-state index contributed by atoms with van der Waals surface area (Å²) in [6.45, 7) is 7.10. The minimum Gasteiger partial charge on any atom is -0.464 e. The predicted molar refractivity (Wildman–Crippen MR) is 67.0 cm³/mol. The molecule has 0 saturated carbocycles. The Morgan fingerprint density at radius 2 is 1.89 bits per heavy atom. The van der Waals surface area contributed by atoms with E-state index >= 15 is 0 Å². The van der Waals surface area contributed by atoms with E-state index in [9.17, 15) is 9.59 Å². The van der Waals surface area contributed by atoms with E-state index in [-0.39, 0.29) is 18.4 Å². The minimum atomic E-state index is -0.934. The van der Waals surface area contributed by atoms with Crippen LogP contribution in [0.3, 0.4) is 0 Å². The van der Waals surface area contributed by atoms with Crippen molar-refractivity contribution in [3.8, 4) is 0 Å². The molecule has 1 fully saturated rings. The van der Waals surface area contributed by atoms with Gasteiger partial charge in [0.1, 0.15) is 5.60 Å². The molecule has 0 radical (unpaired) electrons. The molecule has 0 aromatic rings. The van der Waals surface area contributed by atoms with Gasteiger partial charge in [0.2, 0.25) is 0 Å². The van der Waals surface area contributed by atoms with Crippen molar-refractivity contribution in [2.45, 2.75) is 39.3 Å². The van der Waals surface area contributed by atoms with Gasteiger partial charge in [-0.1, -0.05) is 0 Å². The van der Waals surface area contributed by atoms with Gasteiger partial charge in [-0.2, -0.15) is 0 Å². The van der Waals surface area contributed by atoms with Gasteiger partial charge < -0.3 is 14.2 Å². The smallest absolute Gasteiger partial charge is 0.418 e. The highest BCUT2D eigenvalue weighted by Crippen LogP contribution is 2.31. The van der Waals surface area contributed by atoms with Crippen LogP contribution in [0.4, 0.5) is 4.79 Å². The van der Waals surface area contributed by atoms with Crippen LogP contribution in [0.2, 0.25) is 0 Å². The van der Waals surface area contributed by atoms with Crippen molar-refractivity contribution in [1.82, 2.24) is 4.90 Å². The van der Waals surface area contributed by atoms with Crippen molar-refractivity contribution >= 4 is 29.5 Å². The largest absolute Gasteiger partial charge is 0.464 e. The lowest BCUT2D eigenvalue weighted by Crippen LogP contribution is -2.50. The third kappa shape index (κ3) is 2.72. The molecule has 102 valence electrons. The lowest BCUT2D eigenvalue weighted by atomic mass is 9.99. The zero-order valence-corrected chi connectivity index (χ0v) is 11.7. The molecule has 0 bridgehead atoms. The summed E-state index contributed by atoms with van der Waals surface area (Å²) in [6.07, 6.45) is -0.703. The fourth-order valence-electron chi connectivity index (χ4n) is 1.73. The first kappa shape index (κ1) is 14.7. The maximum atomic E-state index is 11.9. The van der Waals surface area contributed by atoms with Crippen molar-refractivity contribution in [1.29, 1.82) is 0 Å². The highest BCUT2D eigenvalue weighted by Gasteiger charge is 2.54. The number of rotatable bonds is 3. The van der Waals surface area contributed by atoms with Crippen LogP contribution in [-0.4, -0.2) is 47.0 Å². The highest BCUT2D eigenvalue weighted by atomic mass is 32.1. The number of thiocarbonyl (C=S) groups is 1. The maximum absolute atomic E-state index is 11.9. The molecule has 1 aliphatic heterocycles. The van der Waals surface area contributed by atoms with Gasteiger partial charge >= 0.3 is 12.1 Å². The van der Waals surface area contributed by atoms with Crippen LogP contribution < -0.4 is 0 Å². The van der Waals surface area contributed by atoms with Gasteiger partial charge in [0, 0.05) is 0 Å². The lowest BCUT2D eigenvalue weighted by molar-refractivity contribution is -0.150. The summed E-state index contributed by atoms with van der Waals surface area (Å²) in [5, 5.41) is -0.0727. The average Bonchev–Trinajstić information content (AvgIpc) is 2.48. The summed E-state index contributed by atoms with van der Waals surface area (Å²) in [5.41, 5.74) is -0.934. The van der Waals surface area contributed by atoms with Crippen molar-refractivity contribution in [3.63, 3.8) is 0 Å². The zero-order chi connectivity index (χ0) is 13.9. The van der Waals surface area contributed by atoms with Crippen molar-refractivity contribution in [3.05, 3.63) is 0 Å². The van der Waals surface area contributed by atoms with E-state index in [4.69, 9.17) is 26.4 Å². The van der Waals surface area contributed by atoms with Crippen molar-refractivity contribution in [2.24, 2.45) is 0 Å². The van der Waals surface area contributed by atoms with Crippen LogP contribution in [0.5, 0.6) is 0 Å². The molecule has 1 atom stereocenters. The number of hydrogen-bond acceptors (Lipinski definition) is 6. The number of amides is 1. The molecule has 0 aliphatic carbocycles. The molecule has 1 aliphatic rings. The number of hydrogen-bond donors (Lipinski definition) is 0. The Balaban J connectivity index is 3.01. The molecule has 0 spiro atoms. The molecule has 1 unspecified atom stereocenters. The van der Waals surface area contributed by atoms with Crippen molar-refractivity contribution < 1.29 is 23.8 Å². The van der Waals surface area contributed by atoms with Gasteiger partial charge in [-0.25, -0.2) is 14.5 Å². The van der Waals surface area contributed by atoms with E-state index in [1.54, 1.807) is 27.7 Å². The average molecular weight is 275 g/mol. The highest BCUT2D eigenvalue weighted by molar-refractivity contribution is 7.80. The van der Waals surface area contributed by atoms with Crippen LogP contribution >= 0.6 is 12.2 Å². The Morgan fingerprint density at radius 3 is 2.39 bits per heavy atom. The number of carbonyl (C=O) groups excluding carboxylic acids is 2. The predicted octanol–water partition coefficient (Wildman–Crippen LogP) is 1.47. The first-order valence-corrected chi connectivity index (χ1v) is 6.11. The molecular weight excluding hydrogens is 258 g/mol. The first-order chi connectivity index (χ1) is 8.35. The van der Waals surface area contributed by atoms with Gasteiger partial charge in [0.25, 0.3) is 5.17 Å². The van der Waals surface area contributed by atoms with Gasteiger partial charge in [-0.3, -0.25) is 0 Å². The van der Waals surface area contributed by atoms with E-state index in [0.29, 0.717) is 0 Å². The van der Waals surface area contributed by atoms with E-state index < -0.39 is 23.7 Å². The van der Waals surface area contributed by atoms with E-state index in [1.165, 1.54) is 0 Å².